The van der Waals surface area contributed by atoms with Gasteiger partial charge in [-0.2, -0.15) is 0 Å². The summed E-state index contributed by atoms with van der Waals surface area (Å²) in [5.41, 5.74) is 14.4. The molecule has 0 radical (unpaired) electrons. The van der Waals surface area contributed by atoms with Crippen LogP contribution in [0, 0.1) is 0 Å². The Morgan fingerprint density at radius 3 is 2.00 bits per heavy atom. The molecule has 3 aromatic heterocycles. The molecule has 0 aliphatic rings. The topological polar surface area (TPSA) is 64.1 Å². The lowest BCUT2D eigenvalue weighted by molar-refractivity contribution is 0.477. The number of hydrogen-bond acceptors (Lipinski definition) is 4. The number of aromatic nitrogens is 3. The number of nitrogens with zero attached hydrogens (tertiary/aromatic N) is 3. The fourth-order valence-electron chi connectivity index (χ4n) is 7.98. The van der Waals surface area contributed by atoms with Crippen molar-refractivity contribution in [1.29, 1.82) is 0 Å². The number of imidazole rings is 1. The molecule has 1 N–H and O–H groups in total. The van der Waals surface area contributed by atoms with Gasteiger partial charge < -0.3 is 9.52 Å². The standard InChI is InChI=1S/C52H39N3O2/c1-52(2,3)38-25-26-45(42(30-38)34-17-8-5-9-18-34)55-46-22-14-21-39(50(46)54-51(55)41-20-10-12-23-47(41)56)36-27-35(33-15-6-4-7-16-33)28-37(29-36)44-31-43-40-19-11-13-24-48(40)57-49(43)32-53-44/h4-32,56H,1-3H3. The van der Waals surface area contributed by atoms with E-state index in [1.54, 1.807) is 6.07 Å². The van der Waals surface area contributed by atoms with E-state index in [0.29, 0.717) is 11.4 Å². The normalized spacial score (nSPS) is 11.8. The molecule has 0 bridgehead atoms. The lowest BCUT2D eigenvalue weighted by Gasteiger charge is -2.23. The summed E-state index contributed by atoms with van der Waals surface area (Å²) in [6.45, 7) is 6.73. The SMILES string of the molecule is CC(C)(C)c1ccc(-n2c(-c3ccccc3O)nc3c(-c4cc(-c5ccccc5)cc(-c5cc6c(cn5)oc5ccccc56)c4)cccc32)c(-c2ccccc2)c1. The van der Waals surface area contributed by atoms with Gasteiger partial charge in [0.15, 0.2) is 5.58 Å². The van der Waals surface area contributed by atoms with E-state index in [9.17, 15) is 5.11 Å². The number of phenols is 1. The summed E-state index contributed by atoms with van der Waals surface area (Å²) in [7, 11) is 0. The highest BCUT2D eigenvalue weighted by atomic mass is 16.3. The number of aromatic hydroxyl groups is 1. The Kier molecular flexibility index (Phi) is 8.12. The van der Waals surface area contributed by atoms with Crippen LogP contribution in [0.15, 0.2) is 180 Å². The van der Waals surface area contributed by atoms with Crippen molar-refractivity contribution < 1.29 is 9.52 Å². The first kappa shape index (κ1) is 34.3. The summed E-state index contributed by atoms with van der Waals surface area (Å²) in [6, 6.07) is 58.4. The number of phenolic OH excluding ortho intramolecular Hbond substituents is 1. The number of hydrogen-bond donors (Lipinski definition) is 1. The Morgan fingerprint density at radius 1 is 0.526 bits per heavy atom. The van der Waals surface area contributed by atoms with Gasteiger partial charge in [-0.3, -0.25) is 9.55 Å². The van der Waals surface area contributed by atoms with Crippen LogP contribution < -0.4 is 0 Å². The minimum Gasteiger partial charge on any atom is -0.507 e. The number of pyridine rings is 1. The minimum atomic E-state index is -0.0572. The van der Waals surface area contributed by atoms with Crippen molar-refractivity contribution in [2.45, 2.75) is 26.2 Å². The van der Waals surface area contributed by atoms with Crippen molar-refractivity contribution in [3.05, 3.63) is 182 Å². The third-order valence-electron chi connectivity index (χ3n) is 10.9. The second-order valence-electron chi connectivity index (χ2n) is 15.6. The maximum Gasteiger partial charge on any atom is 0.153 e. The van der Waals surface area contributed by atoms with E-state index in [4.69, 9.17) is 14.4 Å². The average Bonchev–Trinajstić information content (AvgIpc) is 3.82. The molecule has 3 heterocycles. The molecule has 0 amide bonds. The smallest absolute Gasteiger partial charge is 0.153 e. The van der Waals surface area contributed by atoms with Gasteiger partial charge in [-0.1, -0.05) is 130 Å². The number of benzene rings is 7. The third kappa shape index (κ3) is 6.05. The predicted octanol–water partition coefficient (Wildman–Crippen LogP) is 13.7. The molecule has 0 saturated carbocycles. The lowest BCUT2D eigenvalue weighted by atomic mass is 9.85. The second kappa shape index (κ2) is 13.5. The zero-order valence-electron chi connectivity index (χ0n) is 31.9. The molecular formula is C52H39N3O2. The quantitative estimate of drug-likeness (QED) is 0.185. The van der Waals surface area contributed by atoms with Gasteiger partial charge in [0.2, 0.25) is 0 Å². The van der Waals surface area contributed by atoms with Gasteiger partial charge in [0.1, 0.15) is 17.2 Å². The zero-order valence-corrected chi connectivity index (χ0v) is 31.9. The molecule has 5 heteroatoms. The molecule has 0 unspecified atom stereocenters. The molecule has 57 heavy (non-hydrogen) atoms. The van der Waals surface area contributed by atoms with Gasteiger partial charge in [-0.05, 0) is 93.9 Å². The van der Waals surface area contributed by atoms with Gasteiger partial charge in [0, 0.05) is 27.5 Å². The van der Waals surface area contributed by atoms with E-state index < -0.39 is 0 Å². The van der Waals surface area contributed by atoms with E-state index in [1.165, 1.54) is 5.56 Å². The molecule has 10 aromatic rings. The highest BCUT2D eigenvalue weighted by molar-refractivity contribution is 6.06. The average molecular weight is 738 g/mol. The third-order valence-corrected chi connectivity index (χ3v) is 10.9. The van der Waals surface area contributed by atoms with E-state index >= 15 is 0 Å². The largest absolute Gasteiger partial charge is 0.507 e. The summed E-state index contributed by atoms with van der Waals surface area (Å²) in [6.07, 6.45) is 1.83. The van der Waals surface area contributed by atoms with Crippen LogP contribution in [-0.4, -0.2) is 19.6 Å². The number of fused-ring (bicyclic) bond motifs is 4. The van der Waals surface area contributed by atoms with E-state index in [-0.39, 0.29) is 11.2 Å². The van der Waals surface area contributed by atoms with Gasteiger partial charge >= 0.3 is 0 Å². The van der Waals surface area contributed by atoms with Crippen LogP contribution in [0.5, 0.6) is 5.75 Å². The predicted molar refractivity (Wildman–Crippen MR) is 234 cm³/mol. The Hall–Kier alpha value is -7.24. The molecule has 10 rings (SSSR count). The summed E-state index contributed by atoms with van der Waals surface area (Å²) >= 11 is 0. The second-order valence-corrected chi connectivity index (χ2v) is 15.6. The first-order chi connectivity index (χ1) is 27.8. The molecule has 0 spiro atoms. The molecule has 0 fully saturated rings. The molecule has 0 aliphatic heterocycles. The molecule has 0 atom stereocenters. The summed E-state index contributed by atoms with van der Waals surface area (Å²) in [4.78, 5) is 10.4. The van der Waals surface area contributed by atoms with Crippen molar-refractivity contribution in [3.63, 3.8) is 0 Å². The van der Waals surface area contributed by atoms with E-state index in [0.717, 1.165) is 83.3 Å². The van der Waals surface area contributed by atoms with Gasteiger partial charge in [-0.25, -0.2) is 4.98 Å². The Balaban J connectivity index is 1.24. The number of furan rings is 1. The fourth-order valence-corrected chi connectivity index (χ4v) is 7.98. The number of rotatable bonds is 6. The van der Waals surface area contributed by atoms with Crippen LogP contribution in [0.1, 0.15) is 26.3 Å². The van der Waals surface area contributed by atoms with E-state index in [2.05, 4.69) is 141 Å². The van der Waals surface area contributed by atoms with E-state index in [1.807, 2.05) is 54.7 Å². The highest BCUT2D eigenvalue weighted by Crippen LogP contribution is 2.42. The lowest BCUT2D eigenvalue weighted by Crippen LogP contribution is -2.12. The van der Waals surface area contributed by atoms with Crippen LogP contribution in [0.3, 0.4) is 0 Å². The van der Waals surface area contributed by atoms with Gasteiger partial charge in [0.25, 0.3) is 0 Å². The number of para-hydroxylation sites is 3. The monoisotopic (exact) mass is 737 g/mol. The van der Waals surface area contributed by atoms with Crippen LogP contribution in [0.25, 0.3) is 94.7 Å². The Bertz CT molecular complexity index is 3120. The first-order valence-electron chi connectivity index (χ1n) is 19.3. The van der Waals surface area contributed by atoms with Crippen LogP contribution in [-0.2, 0) is 5.41 Å². The molecule has 7 aromatic carbocycles. The fraction of sp³-hybridized carbons (Fsp3) is 0.0769. The summed E-state index contributed by atoms with van der Waals surface area (Å²) < 4.78 is 8.35. The Morgan fingerprint density at radius 2 is 1.21 bits per heavy atom. The van der Waals surface area contributed by atoms with Gasteiger partial charge in [0.05, 0.1) is 34.2 Å². The molecule has 274 valence electrons. The van der Waals surface area contributed by atoms with Crippen molar-refractivity contribution in [3.8, 4) is 67.5 Å². The molecule has 0 saturated heterocycles. The van der Waals surface area contributed by atoms with Crippen LogP contribution in [0.2, 0.25) is 0 Å². The molecular weight excluding hydrogens is 699 g/mol. The minimum absolute atomic E-state index is 0.0572. The van der Waals surface area contributed by atoms with Crippen LogP contribution in [0.4, 0.5) is 0 Å². The zero-order chi connectivity index (χ0) is 38.7. The first-order valence-corrected chi connectivity index (χ1v) is 19.3. The summed E-state index contributed by atoms with van der Waals surface area (Å²) in [5, 5.41) is 13.5. The summed E-state index contributed by atoms with van der Waals surface area (Å²) in [5.74, 6) is 0.833. The van der Waals surface area contributed by atoms with Crippen molar-refractivity contribution in [2.24, 2.45) is 0 Å². The Labute approximate surface area is 331 Å². The van der Waals surface area contributed by atoms with Crippen molar-refractivity contribution in [1.82, 2.24) is 14.5 Å². The highest BCUT2D eigenvalue weighted by Gasteiger charge is 2.24. The van der Waals surface area contributed by atoms with Crippen molar-refractivity contribution >= 4 is 33.0 Å². The molecule has 5 nitrogen and oxygen atoms in total. The maximum absolute atomic E-state index is 11.4. The van der Waals surface area contributed by atoms with Crippen LogP contribution >= 0.6 is 0 Å². The van der Waals surface area contributed by atoms with Gasteiger partial charge in [-0.15, -0.1) is 0 Å². The maximum atomic E-state index is 11.4. The van der Waals surface area contributed by atoms with Crippen molar-refractivity contribution in [2.75, 3.05) is 0 Å². The molecule has 0 aliphatic carbocycles.